The van der Waals surface area contributed by atoms with Crippen LogP contribution in [0.2, 0.25) is 0 Å². The van der Waals surface area contributed by atoms with E-state index in [2.05, 4.69) is 20.8 Å². The summed E-state index contributed by atoms with van der Waals surface area (Å²) in [6.45, 7) is 0.378. The lowest BCUT2D eigenvalue weighted by Gasteiger charge is -2.09. The molecular weight excluding hydrogens is 310 g/mol. The van der Waals surface area contributed by atoms with Crippen molar-refractivity contribution in [3.63, 3.8) is 0 Å². The Morgan fingerprint density at radius 3 is 2.79 bits per heavy atom. The number of tetrazole rings is 1. The second-order valence-corrected chi connectivity index (χ2v) is 5.27. The highest BCUT2D eigenvalue weighted by atomic mass is 16.4. The number of carbonyl (C=O) groups is 1. The lowest BCUT2D eigenvalue weighted by Crippen LogP contribution is -2.27. The molecule has 2 aromatic heterocycles. The molecule has 1 unspecified atom stereocenters. The number of carbonyl (C=O) groups excluding carboxylic acids is 1. The van der Waals surface area contributed by atoms with Crippen LogP contribution in [0.15, 0.2) is 53.4 Å². The van der Waals surface area contributed by atoms with E-state index in [1.54, 1.807) is 16.8 Å². The lowest BCUT2D eigenvalue weighted by atomic mass is 10.1. The molecule has 8 heteroatoms. The number of aliphatic hydroxyl groups is 1. The topological polar surface area (TPSA) is 106 Å². The summed E-state index contributed by atoms with van der Waals surface area (Å²) in [4.78, 5) is 11.9. The predicted molar refractivity (Wildman–Crippen MR) is 84.2 cm³/mol. The average molecular weight is 327 g/mol. The van der Waals surface area contributed by atoms with E-state index < -0.39 is 6.10 Å². The first kappa shape index (κ1) is 15.9. The molecule has 124 valence electrons. The van der Waals surface area contributed by atoms with Crippen molar-refractivity contribution in [1.29, 1.82) is 0 Å². The van der Waals surface area contributed by atoms with Crippen LogP contribution in [0, 0.1) is 0 Å². The van der Waals surface area contributed by atoms with Gasteiger partial charge in [0.2, 0.25) is 5.91 Å². The minimum absolute atomic E-state index is 0.100. The highest BCUT2D eigenvalue weighted by Crippen LogP contribution is 2.15. The van der Waals surface area contributed by atoms with Gasteiger partial charge in [-0.3, -0.25) is 4.79 Å². The zero-order valence-electron chi connectivity index (χ0n) is 12.9. The summed E-state index contributed by atoms with van der Waals surface area (Å²) < 4.78 is 6.65. The monoisotopic (exact) mass is 327 g/mol. The molecule has 0 radical (unpaired) electrons. The summed E-state index contributed by atoms with van der Waals surface area (Å²) in [5, 5.41) is 23.6. The summed E-state index contributed by atoms with van der Waals surface area (Å²) in [6.07, 6.45) is 2.97. The van der Waals surface area contributed by atoms with Gasteiger partial charge >= 0.3 is 0 Å². The van der Waals surface area contributed by atoms with Gasteiger partial charge in [0, 0.05) is 6.54 Å². The van der Waals surface area contributed by atoms with Gasteiger partial charge in [-0.25, -0.2) is 4.68 Å². The largest absolute Gasteiger partial charge is 0.467 e. The Kier molecular flexibility index (Phi) is 4.97. The fourth-order valence-electron chi connectivity index (χ4n) is 2.27. The summed E-state index contributed by atoms with van der Waals surface area (Å²) in [7, 11) is 0. The first-order valence-electron chi connectivity index (χ1n) is 7.53. The van der Waals surface area contributed by atoms with E-state index in [9.17, 15) is 9.90 Å². The molecule has 0 aliphatic rings. The SMILES string of the molecule is O=C(Cc1ccc(-n2cnnn2)cc1)NCCC(O)c1ccco1. The molecule has 1 atom stereocenters. The normalized spacial score (nSPS) is 12.0. The number of hydrogen-bond donors (Lipinski definition) is 2. The number of hydrogen-bond acceptors (Lipinski definition) is 6. The van der Waals surface area contributed by atoms with Crippen LogP contribution in [-0.2, 0) is 11.2 Å². The zero-order chi connectivity index (χ0) is 16.8. The summed E-state index contributed by atoms with van der Waals surface area (Å²) in [5.74, 6) is 0.402. The van der Waals surface area contributed by atoms with Crippen molar-refractivity contribution in [2.24, 2.45) is 0 Å². The number of rotatable bonds is 7. The minimum Gasteiger partial charge on any atom is -0.467 e. The van der Waals surface area contributed by atoms with Gasteiger partial charge in [-0.2, -0.15) is 0 Å². The fraction of sp³-hybridized carbons (Fsp3) is 0.250. The van der Waals surface area contributed by atoms with Crippen molar-refractivity contribution in [2.45, 2.75) is 18.9 Å². The Bertz CT molecular complexity index is 754. The summed E-state index contributed by atoms with van der Waals surface area (Å²) in [6, 6.07) is 10.8. The second-order valence-electron chi connectivity index (χ2n) is 5.27. The third-order valence-electron chi connectivity index (χ3n) is 3.53. The lowest BCUT2D eigenvalue weighted by molar-refractivity contribution is -0.120. The van der Waals surface area contributed by atoms with Gasteiger partial charge in [0.15, 0.2) is 0 Å². The van der Waals surface area contributed by atoms with Crippen molar-refractivity contribution in [3.8, 4) is 5.69 Å². The smallest absolute Gasteiger partial charge is 0.224 e. The number of benzene rings is 1. The second kappa shape index (κ2) is 7.51. The first-order valence-corrected chi connectivity index (χ1v) is 7.53. The van der Waals surface area contributed by atoms with E-state index in [0.717, 1.165) is 11.3 Å². The van der Waals surface area contributed by atoms with Gasteiger partial charge in [-0.15, -0.1) is 5.10 Å². The number of nitrogens with zero attached hydrogens (tertiary/aromatic N) is 4. The third kappa shape index (κ3) is 4.05. The van der Waals surface area contributed by atoms with Crippen molar-refractivity contribution >= 4 is 5.91 Å². The molecule has 3 aromatic rings. The molecule has 0 fully saturated rings. The highest BCUT2D eigenvalue weighted by Gasteiger charge is 2.11. The van der Waals surface area contributed by atoms with Crippen LogP contribution in [0.25, 0.3) is 5.69 Å². The quantitative estimate of drug-likeness (QED) is 0.671. The Hall–Kier alpha value is -3.00. The molecule has 3 rings (SSSR count). The molecule has 24 heavy (non-hydrogen) atoms. The van der Waals surface area contributed by atoms with E-state index in [1.165, 1.54) is 12.6 Å². The maximum atomic E-state index is 11.9. The molecule has 1 amide bonds. The number of aromatic nitrogens is 4. The molecule has 0 spiro atoms. The van der Waals surface area contributed by atoms with Crippen LogP contribution >= 0.6 is 0 Å². The third-order valence-corrected chi connectivity index (χ3v) is 3.53. The van der Waals surface area contributed by atoms with Crippen LogP contribution in [0.1, 0.15) is 23.8 Å². The van der Waals surface area contributed by atoms with Crippen LogP contribution in [0.5, 0.6) is 0 Å². The molecule has 1 aromatic carbocycles. The summed E-state index contributed by atoms with van der Waals surface area (Å²) >= 11 is 0. The van der Waals surface area contributed by atoms with E-state index in [-0.39, 0.29) is 12.3 Å². The van der Waals surface area contributed by atoms with Gasteiger partial charge in [0.25, 0.3) is 0 Å². The van der Waals surface area contributed by atoms with Crippen molar-refractivity contribution < 1.29 is 14.3 Å². The maximum absolute atomic E-state index is 11.9. The Labute approximate surface area is 138 Å². The molecule has 0 aliphatic heterocycles. The van der Waals surface area contributed by atoms with Gasteiger partial charge in [-0.05, 0) is 46.7 Å². The van der Waals surface area contributed by atoms with E-state index in [0.29, 0.717) is 18.7 Å². The molecule has 0 saturated heterocycles. The van der Waals surface area contributed by atoms with Gasteiger partial charge in [0.05, 0.1) is 18.4 Å². The van der Waals surface area contributed by atoms with Crippen molar-refractivity contribution in [2.75, 3.05) is 6.54 Å². The van der Waals surface area contributed by atoms with Crippen molar-refractivity contribution in [3.05, 3.63) is 60.3 Å². The Balaban J connectivity index is 1.45. The van der Waals surface area contributed by atoms with E-state index >= 15 is 0 Å². The van der Waals surface area contributed by atoms with Crippen LogP contribution in [0.3, 0.4) is 0 Å². The van der Waals surface area contributed by atoms with Crippen LogP contribution in [-0.4, -0.2) is 37.8 Å². The number of aliphatic hydroxyl groups excluding tert-OH is 1. The highest BCUT2D eigenvalue weighted by molar-refractivity contribution is 5.78. The van der Waals surface area contributed by atoms with Gasteiger partial charge < -0.3 is 14.8 Å². The minimum atomic E-state index is -0.712. The molecule has 8 nitrogen and oxygen atoms in total. The number of nitrogens with one attached hydrogen (secondary N) is 1. The molecule has 2 N–H and O–H groups in total. The Morgan fingerprint density at radius 2 is 2.12 bits per heavy atom. The predicted octanol–water partition coefficient (Wildman–Crippen LogP) is 1.04. The van der Waals surface area contributed by atoms with Crippen LogP contribution < -0.4 is 5.32 Å². The number of amides is 1. The van der Waals surface area contributed by atoms with Gasteiger partial charge in [0.1, 0.15) is 18.2 Å². The van der Waals surface area contributed by atoms with Crippen molar-refractivity contribution in [1.82, 2.24) is 25.5 Å². The number of furan rings is 1. The zero-order valence-corrected chi connectivity index (χ0v) is 12.9. The standard InChI is InChI=1S/C16H17N5O3/c22-14(15-2-1-9-24-15)7-8-17-16(23)10-12-3-5-13(6-4-12)21-11-18-19-20-21/h1-6,9,11,14,22H,7-8,10H2,(H,17,23). The molecule has 2 heterocycles. The molecule has 0 saturated carbocycles. The fourth-order valence-corrected chi connectivity index (χ4v) is 2.27. The molecular formula is C16H17N5O3. The molecule has 0 bridgehead atoms. The molecule has 0 aliphatic carbocycles. The van der Waals surface area contributed by atoms with E-state index in [4.69, 9.17) is 4.42 Å². The van der Waals surface area contributed by atoms with E-state index in [1.807, 2.05) is 24.3 Å². The average Bonchev–Trinajstić information content (AvgIpc) is 3.29. The van der Waals surface area contributed by atoms with Gasteiger partial charge in [-0.1, -0.05) is 12.1 Å². The maximum Gasteiger partial charge on any atom is 0.224 e. The first-order chi connectivity index (χ1) is 11.7. The van der Waals surface area contributed by atoms with Crippen LogP contribution in [0.4, 0.5) is 0 Å². The Morgan fingerprint density at radius 1 is 1.29 bits per heavy atom. The summed E-state index contributed by atoms with van der Waals surface area (Å²) in [5.41, 5.74) is 1.71.